The molecule has 0 aliphatic heterocycles. The molecular weight excluding hydrogens is 2090 g/mol. The molecule has 0 atom stereocenters. The van der Waals surface area contributed by atoms with Gasteiger partial charge in [-0.1, -0.05) is 146 Å². The molecule has 0 aromatic heterocycles. The third kappa shape index (κ3) is 50.2. The van der Waals surface area contributed by atoms with Crippen molar-refractivity contribution in [2.24, 2.45) is 5.73 Å². The maximum atomic E-state index is 13.1. The number of ether oxygens (including phenoxy) is 1. The molecule has 1 amide bonds. The number of aliphatic carboxylic acids is 1. The zero-order chi connectivity index (χ0) is 90.5. The van der Waals surface area contributed by atoms with Crippen LogP contribution in [-0.2, 0) is 33.1 Å². The number of esters is 1. The minimum absolute atomic E-state index is 0. The first-order valence-electron chi connectivity index (χ1n) is 39.2. The summed E-state index contributed by atoms with van der Waals surface area (Å²) in [7, 11) is 7.36. The summed E-state index contributed by atoms with van der Waals surface area (Å²) >= 11 is 11.1. The van der Waals surface area contributed by atoms with Gasteiger partial charge in [-0.15, -0.1) is 11.6 Å². The van der Waals surface area contributed by atoms with Crippen LogP contribution in [0.4, 0.5) is 52.7 Å². The van der Waals surface area contributed by atoms with E-state index in [2.05, 4.69) is 21.4 Å². The molecule has 12 aromatic carbocycles. The summed E-state index contributed by atoms with van der Waals surface area (Å²) < 4.78 is 170. The van der Waals surface area contributed by atoms with Gasteiger partial charge in [0.2, 0.25) is 20.4 Å². The van der Waals surface area contributed by atoms with Gasteiger partial charge < -0.3 is 48.7 Å². The number of carboxylic acid groups (broad SMARTS) is 1. The molecule has 0 fully saturated rings. The molecule has 1 radical (unpaired) electrons. The van der Waals surface area contributed by atoms with Crippen LogP contribution >= 0.6 is 44.6 Å². The molecule has 12 aromatic rings. The van der Waals surface area contributed by atoms with E-state index in [1.807, 2.05) is 0 Å². The standard InChI is InChI=1S/C18H18F2O2.C16H13ClF2O.C16H15ClF2.C16H15F2NO.C16H14F2O2.C16H16F2O.Ac.Cl2OS.K.H3N.Na.4H2O/c1-13(21)22-12-2-3-18(14-4-8-16(19)9-5-14)15-6-10-17(20)11-7-15;17-16(20)10-9-15(11-1-5-13(18)6-2-11)12-3-7-14(19)8-4-12;17-11-1-2-16(12-3-7-14(18)8-4-12)13-5-9-15(19)10-6-13;2*17-13-5-1-11(2-6-13)15(9-10-16(19)20)12-3-7-14(18)8-4-12;17-14-7-3-12(4-8-14)16(2-1-11-19)13-5-9-15(18)10-6-13;;1-4(2)3;;;;;;;/h4-11,18H,2-3,12H2,1H3;1-8,15H,9-10H2;3-10,16H,1-2,11H2;1-8,15H,9-10H2,(H2,19,20);1-8,15H,9-10H2,(H,19,20);3-10,16,19H,1-2,11H2;;;;1H3;;4*1H2/q;;;;;;;;+1;;+1;;;;/p-2. The number of aliphatic hydroxyl groups excluding tert-OH is 1. The molecule has 13 N–H and O–H groups in total. The number of hydrogen-bond acceptors (Lipinski definition) is 10. The van der Waals surface area contributed by atoms with Crippen LogP contribution in [0.15, 0.2) is 291 Å². The van der Waals surface area contributed by atoms with Gasteiger partial charge in [0.05, 0.1) is 6.61 Å². The van der Waals surface area contributed by atoms with E-state index in [4.69, 9.17) is 48.1 Å². The van der Waals surface area contributed by atoms with Crippen molar-refractivity contribution < 1.29 is 238 Å². The predicted molar refractivity (Wildman–Crippen MR) is 481 cm³/mol. The molecule has 12 rings (SSSR count). The Labute approximate surface area is 882 Å². The van der Waals surface area contributed by atoms with Gasteiger partial charge >= 0.3 is 92.9 Å². The second-order valence-corrected chi connectivity index (χ2v) is 31.5. The Hall–Kier alpha value is -6.97. The van der Waals surface area contributed by atoms with Crippen LogP contribution < -0.4 is 92.8 Å². The minimum Gasteiger partial charge on any atom is -0.870 e. The number of nitrogens with two attached hydrogens (primary N) is 1. The zero-order valence-corrected chi connectivity index (χ0v) is 86.0. The maximum absolute atomic E-state index is 13.1. The Morgan fingerprint density at radius 3 is 0.652 bits per heavy atom. The molecule has 0 aliphatic rings. The van der Waals surface area contributed by atoms with Gasteiger partial charge in [-0.3, -0.25) is 19.2 Å². The van der Waals surface area contributed by atoms with E-state index < -0.39 is 20.4 Å². The van der Waals surface area contributed by atoms with Crippen molar-refractivity contribution >= 4 is 76.9 Å². The fourth-order valence-corrected chi connectivity index (χ4v) is 13.7. The third-order valence-electron chi connectivity index (χ3n) is 19.4. The number of amides is 1. The second kappa shape index (κ2) is 71.5. The Morgan fingerprint density at radius 1 is 0.341 bits per heavy atom. The van der Waals surface area contributed by atoms with Gasteiger partial charge in [0.25, 0.3) is 0 Å². The van der Waals surface area contributed by atoms with Crippen LogP contribution in [0.2, 0.25) is 0 Å². The zero-order valence-electron chi connectivity index (χ0n) is 72.3. The molecule has 0 aliphatic carbocycles. The van der Waals surface area contributed by atoms with Crippen LogP contribution in [0, 0.1) is 114 Å². The molecule has 34 heteroatoms. The predicted octanol–water partition coefficient (Wildman–Crippen LogP) is 18.6. The van der Waals surface area contributed by atoms with E-state index in [0.717, 1.165) is 92.4 Å². The monoisotopic (exact) mass is 2190 g/mol. The molecule has 697 valence electrons. The smallest absolute Gasteiger partial charge is 0.870 e. The molecule has 0 heterocycles. The van der Waals surface area contributed by atoms with Gasteiger partial charge in [-0.2, -0.15) is 0 Å². The molecule has 14 nitrogen and oxygen atoms in total. The van der Waals surface area contributed by atoms with E-state index in [1.54, 1.807) is 146 Å². The number of carbonyl (C=O) groups excluding carboxylic acids is 3. The fourth-order valence-electron chi connectivity index (χ4n) is 13.4. The molecular formula is C98H100AcCl4F12KN2NaO12S. The first kappa shape index (κ1) is 129. The molecule has 0 saturated carbocycles. The van der Waals surface area contributed by atoms with Crippen LogP contribution in [0.5, 0.6) is 0 Å². The quantitative estimate of drug-likeness (QED) is 0.00790. The van der Waals surface area contributed by atoms with E-state index in [1.165, 1.54) is 153 Å². The van der Waals surface area contributed by atoms with Crippen LogP contribution in [-0.4, -0.2) is 78.5 Å². The number of rotatable bonds is 31. The summed E-state index contributed by atoms with van der Waals surface area (Å²) in [5, 5.41) is 17.4. The van der Waals surface area contributed by atoms with Crippen molar-refractivity contribution in [1.29, 1.82) is 0 Å². The second-order valence-electron chi connectivity index (χ2n) is 28.1. The van der Waals surface area contributed by atoms with Crippen molar-refractivity contribution in [2.45, 2.75) is 119 Å². The molecule has 0 unspecified atom stereocenters. The number of hydrogen-bond donors (Lipinski definition) is 4. The number of halogens is 16. The Bertz CT molecular complexity index is 4550. The molecule has 132 heavy (non-hydrogen) atoms. The number of carbonyl (C=O) groups is 4. The minimum atomic E-state index is -1.67. The van der Waals surface area contributed by atoms with Gasteiger partial charge in [-0.05, 0) is 282 Å². The largest absolute Gasteiger partial charge is 1.00 e. The van der Waals surface area contributed by atoms with Crippen molar-refractivity contribution in [1.82, 2.24) is 6.15 Å². The van der Waals surface area contributed by atoms with Crippen molar-refractivity contribution in [3.63, 3.8) is 0 Å². The van der Waals surface area contributed by atoms with E-state index >= 15 is 0 Å². The van der Waals surface area contributed by atoms with Crippen molar-refractivity contribution in [3.05, 3.63) is 428 Å². The number of alkyl halides is 1. The van der Waals surface area contributed by atoms with Crippen LogP contribution in [0.1, 0.15) is 186 Å². The normalized spacial score (nSPS) is 10.1. The Morgan fingerprint density at radius 2 is 0.500 bits per heavy atom. The van der Waals surface area contributed by atoms with Crippen molar-refractivity contribution in [3.8, 4) is 0 Å². The first-order chi connectivity index (χ1) is 59.4. The SMILES string of the molecule is CC(=O)OCCCC(c1ccc(F)cc1)c1ccc(F)cc1.Fc1ccc(C(CCCCl)c2ccc(F)cc2)cc1.N.NC(=O)CCC(c1ccc(F)cc1)c1ccc(F)cc1.O.O.O=C(Cl)CCC(c1ccc(F)cc1)c1ccc(F)cc1.O=C(O)CCC(c1ccc(F)cc1)c1ccc(F)cc1.O=S(Cl)Cl.OCCCC(c1ccc(F)cc1)c1ccc(F)cc1.[Ac].[K+].[Na+].[OH-].[OH-]. The Kier molecular flexibility index (Phi) is 70.0. The van der Waals surface area contributed by atoms with E-state index in [9.17, 15) is 71.9 Å². The summed E-state index contributed by atoms with van der Waals surface area (Å²) in [6.07, 6.45) is 6.34. The third-order valence-corrected chi connectivity index (χ3v) is 19.9. The molecule has 0 saturated heterocycles. The van der Waals surface area contributed by atoms with Crippen LogP contribution in [0.25, 0.3) is 0 Å². The summed E-state index contributed by atoms with van der Waals surface area (Å²) in [4.78, 5) is 43.5. The van der Waals surface area contributed by atoms with Gasteiger partial charge in [0.1, 0.15) is 69.8 Å². The summed E-state index contributed by atoms with van der Waals surface area (Å²) in [6.45, 7) is 1.82. The molecule has 0 bridgehead atoms. The maximum Gasteiger partial charge on any atom is 1.00 e. The van der Waals surface area contributed by atoms with E-state index in [0.29, 0.717) is 44.6 Å². The number of benzene rings is 12. The van der Waals surface area contributed by atoms with Gasteiger partial charge in [0.15, 0.2) is 0 Å². The summed E-state index contributed by atoms with van der Waals surface area (Å²) in [5.74, 6) is -4.82. The van der Waals surface area contributed by atoms with E-state index in [-0.39, 0.29) is 296 Å². The first-order valence-corrected chi connectivity index (χ1v) is 42.9. The van der Waals surface area contributed by atoms with Gasteiger partial charge in [0, 0.05) is 140 Å². The fraction of sp³-hybridized carbons (Fsp3) is 0.224. The van der Waals surface area contributed by atoms with Crippen LogP contribution in [0.3, 0.4) is 0 Å². The number of aliphatic hydroxyl groups is 1. The summed E-state index contributed by atoms with van der Waals surface area (Å²) in [5.41, 5.74) is 16.2. The van der Waals surface area contributed by atoms with Crippen molar-refractivity contribution in [2.75, 3.05) is 19.1 Å². The Balaban J connectivity index is -0.00000148. The van der Waals surface area contributed by atoms with Gasteiger partial charge in [-0.25, -0.2) is 56.9 Å². The average molecular weight is 2190 g/mol. The molecule has 0 spiro atoms. The summed E-state index contributed by atoms with van der Waals surface area (Å²) in [6, 6.07) is 74.3. The topological polar surface area (TPSA) is 319 Å². The average Bonchev–Trinajstić information content (AvgIpc) is 0.862. The number of carboxylic acids is 1. The number of primary amides is 1.